The summed E-state index contributed by atoms with van der Waals surface area (Å²) in [6.45, 7) is 0.829. The number of carbonyl (C=O) groups excluding carboxylic acids is 1. The van der Waals surface area contributed by atoms with E-state index in [2.05, 4.69) is 5.32 Å². The first-order valence-corrected chi connectivity index (χ1v) is 9.36. The van der Waals surface area contributed by atoms with Crippen LogP contribution in [0.15, 0.2) is 42.5 Å². The van der Waals surface area contributed by atoms with Gasteiger partial charge in [0.2, 0.25) is 5.91 Å². The third-order valence-electron chi connectivity index (χ3n) is 4.94. The first-order valence-electron chi connectivity index (χ1n) is 9.36. The quantitative estimate of drug-likeness (QED) is 0.637. The fraction of sp³-hybridized carbons (Fsp3) is 0.409. The molecule has 1 aliphatic carbocycles. The first kappa shape index (κ1) is 20.0. The molecule has 1 aliphatic rings. The molecule has 1 fully saturated rings. The van der Waals surface area contributed by atoms with Crippen LogP contribution in [-0.4, -0.2) is 40.6 Å². The van der Waals surface area contributed by atoms with Crippen LogP contribution >= 0.6 is 0 Å². The molecule has 0 radical (unpaired) electrons. The molecule has 2 atom stereocenters. The van der Waals surface area contributed by atoms with Crippen LogP contribution in [0.1, 0.15) is 23.5 Å². The highest BCUT2D eigenvalue weighted by Gasteiger charge is 2.43. The summed E-state index contributed by atoms with van der Waals surface area (Å²) in [6.07, 6.45) is 1.63. The molecule has 2 unspecified atom stereocenters. The van der Waals surface area contributed by atoms with Gasteiger partial charge in [-0.3, -0.25) is 4.79 Å². The van der Waals surface area contributed by atoms with Gasteiger partial charge >= 0.3 is 0 Å². The average Bonchev–Trinajstić information content (AvgIpc) is 3.53. The Morgan fingerprint density at radius 3 is 2.46 bits per heavy atom. The molecule has 0 saturated heterocycles. The highest BCUT2D eigenvalue weighted by Crippen LogP contribution is 2.47. The molecule has 0 aromatic heterocycles. The predicted octanol–water partition coefficient (Wildman–Crippen LogP) is 3.15. The lowest BCUT2D eigenvalue weighted by Gasteiger charge is -2.10. The lowest BCUT2D eigenvalue weighted by Crippen LogP contribution is -2.27. The van der Waals surface area contributed by atoms with E-state index in [1.807, 2.05) is 42.5 Å². The Bertz CT molecular complexity index is 790. The molecule has 28 heavy (non-hydrogen) atoms. The van der Waals surface area contributed by atoms with Crippen molar-refractivity contribution in [3.05, 3.63) is 53.6 Å². The third-order valence-corrected chi connectivity index (χ3v) is 4.94. The Labute approximate surface area is 165 Å². The molecule has 1 saturated carbocycles. The summed E-state index contributed by atoms with van der Waals surface area (Å²) in [5, 5.41) is 3.05. The van der Waals surface area contributed by atoms with Gasteiger partial charge in [-0.1, -0.05) is 18.2 Å². The van der Waals surface area contributed by atoms with E-state index in [0.29, 0.717) is 18.0 Å². The van der Waals surface area contributed by atoms with E-state index in [-0.39, 0.29) is 24.5 Å². The Morgan fingerprint density at radius 1 is 1.04 bits per heavy atom. The maximum absolute atomic E-state index is 12.4. The van der Waals surface area contributed by atoms with Crippen LogP contribution in [0.3, 0.4) is 0 Å². The summed E-state index contributed by atoms with van der Waals surface area (Å²) in [7, 11) is 4.82. The van der Waals surface area contributed by atoms with Gasteiger partial charge < -0.3 is 24.3 Å². The zero-order valence-electron chi connectivity index (χ0n) is 16.6. The van der Waals surface area contributed by atoms with Gasteiger partial charge in [-0.15, -0.1) is 0 Å². The second-order valence-electron chi connectivity index (χ2n) is 6.80. The van der Waals surface area contributed by atoms with E-state index in [9.17, 15) is 4.79 Å². The van der Waals surface area contributed by atoms with Crippen LogP contribution in [0.25, 0.3) is 0 Å². The van der Waals surface area contributed by atoms with Crippen molar-refractivity contribution in [3.8, 4) is 17.2 Å². The van der Waals surface area contributed by atoms with Crippen molar-refractivity contribution in [1.82, 2.24) is 5.32 Å². The van der Waals surface area contributed by atoms with Crippen molar-refractivity contribution in [3.63, 3.8) is 0 Å². The summed E-state index contributed by atoms with van der Waals surface area (Å²) in [4.78, 5) is 12.4. The summed E-state index contributed by atoms with van der Waals surface area (Å²) in [5.41, 5.74) is 2.27. The van der Waals surface area contributed by atoms with Crippen LogP contribution in [0.2, 0.25) is 0 Å². The van der Waals surface area contributed by atoms with Crippen LogP contribution in [0.4, 0.5) is 0 Å². The predicted molar refractivity (Wildman–Crippen MR) is 106 cm³/mol. The summed E-state index contributed by atoms with van der Waals surface area (Å²) >= 11 is 0. The highest BCUT2D eigenvalue weighted by molar-refractivity contribution is 5.82. The van der Waals surface area contributed by atoms with Gasteiger partial charge in [0, 0.05) is 19.6 Å². The number of rotatable bonds is 10. The SMILES string of the molecule is COCOc1ccc(C2CC2C(=O)NCCc2ccc(OC)c(OC)c2)cc1. The Balaban J connectivity index is 1.45. The third kappa shape index (κ3) is 4.95. The number of ether oxygens (including phenoxy) is 4. The topological polar surface area (TPSA) is 66.0 Å². The van der Waals surface area contributed by atoms with Gasteiger partial charge in [0.1, 0.15) is 5.75 Å². The molecule has 3 rings (SSSR count). The molecule has 0 spiro atoms. The number of methoxy groups -OCH3 is 3. The molecular weight excluding hydrogens is 358 g/mol. The van der Waals surface area contributed by atoms with Crippen molar-refractivity contribution >= 4 is 5.91 Å². The number of benzene rings is 2. The second kappa shape index (κ2) is 9.46. The Kier molecular flexibility index (Phi) is 6.76. The van der Waals surface area contributed by atoms with Crippen molar-refractivity contribution in [2.24, 2.45) is 5.92 Å². The highest BCUT2D eigenvalue weighted by atomic mass is 16.7. The largest absolute Gasteiger partial charge is 0.493 e. The minimum atomic E-state index is 0.0520. The fourth-order valence-corrected chi connectivity index (χ4v) is 3.29. The lowest BCUT2D eigenvalue weighted by molar-refractivity contribution is -0.122. The maximum Gasteiger partial charge on any atom is 0.223 e. The molecule has 150 valence electrons. The molecule has 0 bridgehead atoms. The summed E-state index contributed by atoms with van der Waals surface area (Å²) < 4.78 is 20.8. The van der Waals surface area contributed by atoms with Gasteiger partial charge in [-0.05, 0) is 54.2 Å². The second-order valence-corrected chi connectivity index (χ2v) is 6.80. The van der Waals surface area contributed by atoms with E-state index >= 15 is 0 Å². The number of hydrogen-bond acceptors (Lipinski definition) is 5. The zero-order chi connectivity index (χ0) is 19.9. The molecule has 6 nitrogen and oxygen atoms in total. The van der Waals surface area contributed by atoms with Gasteiger partial charge in [0.05, 0.1) is 14.2 Å². The molecule has 0 aliphatic heterocycles. The van der Waals surface area contributed by atoms with E-state index in [1.165, 1.54) is 5.56 Å². The monoisotopic (exact) mass is 385 g/mol. The molecule has 1 amide bonds. The minimum Gasteiger partial charge on any atom is -0.493 e. The standard InChI is InChI=1S/C22H27NO5/c1-25-14-28-17-7-5-16(6-8-17)18-13-19(18)22(24)23-11-10-15-4-9-20(26-2)21(12-15)27-3/h4-9,12,18-19H,10-11,13-14H2,1-3H3,(H,23,24). The summed E-state index contributed by atoms with van der Waals surface area (Å²) in [6, 6.07) is 13.7. The molecule has 6 heteroatoms. The van der Waals surface area contributed by atoms with E-state index in [1.54, 1.807) is 21.3 Å². The molecule has 2 aromatic carbocycles. The number of carbonyl (C=O) groups is 1. The van der Waals surface area contributed by atoms with Gasteiger partial charge in [0.15, 0.2) is 18.3 Å². The lowest BCUT2D eigenvalue weighted by atomic mass is 10.1. The fourth-order valence-electron chi connectivity index (χ4n) is 3.29. The van der Waals surface area contributed by atoms with Gasteiger partial charge in [0.25, 0.3) is 0 Å². The smallest absolute Gasteiger partial charge is 0.223 e. The van der Waals surface area contributed by atoms with Crippen molar-refractivity contribution in [2.45, 2.75) is 18.8 Å². The number of hydrogen-bond donors (Lipinski definition) is 1. The first-order chi connectivity index (χ1) is 13.7. The van der Waals surface area contributed by atoms with Crippen molar-refractivity contribution in [1.29, 1.82) is 0 Å². The normalized spacial score (nSPS) is 17.7. The van der Waals surface area contributed by atoms with Crippen LogP contribution in [0, 0.1) is 5.92 Å². The van der Waals surface area contributed by atoms with E-state index in [0.717, 1.165) is 24.2 Å². The molecule has 0 heterocycles. The Morgan fingerprint density at radius 2 is 1.79 bits per heavy atom. The van der Waals surface area contributed by atoms with Crippen molar-refractivity contribution < 1.29 is 23.7 Å². The van der Waals surface area contributed by atoms with Crippen LogP contribution < -0.4 is 19.5 Å². The van der Waals surface area contributed by atoms with Gasteiger partial charge in [-0.25, -0.2) is 0 Å². The van der Waals surface area contributed by atoms with E-state index in [4.69, 9.17) is 18.9 Å². The van der Waals surface area contributed by atoms with E-state index < -0.39 is 0 Å². The molecular formula is C22H27NO5. The average molecular weight is 385 g/mol. The number of nitrogens with one attached hydrogen (secondary N) is 1. The molecule has 2 aromatic rings. The maximum atomic E-state index is 12.4. The number of amides is 1. The van der Waals surface area contributed by atoms with Gasteiger partial charge in [-0.2, -0.15) is 0 Å². The minimum absolute atomic E-state index is 0.0520. The van der Waals surface area contributed by atoms with Crippen molar-refractivity contribution in [2.75, 3.05) is 34.7 Å². The summed E-state index contributed by atoms with van der Waals surface area (Å²) in [5.74, 6) is 2.63. The van der Waals surface area contributed by atoms with Crippen LogP contribution in [0.5, 0.6) is 17.2 Å². The van der Waals surface area contributed by atoms with Crippen LogP contribution in [-0.2, 0) is 16.0 Å². The molecule has 1 N–H and O–H groups in total. The Hall–Kier alpha value is -2.73. The zero-order valence-corrected chi connectivity index (χ0v) is 16.6.